The lowest BCUT2D eigenvalue weighted by Gasteiger charge is -2.02. The summed E-state index contributed by atoms with van der Waals surface area (Å²) in [6.07, 6.45) is 0.848. The van der Waals surface area contributed by atoms with Crippen molar-refractivity contribution in [2.75, 3.05) is 13.7 Å². The number of nitrogens with one attached hydrogen (secondary N) is 1. The molecule has 0 saturated carbocycles. The molecular weight excluding hydrogens is 224 g/mol. The van der Waals surface area contributed by atoms with Crippen LogP contribution in [0.25, 0.3) is 10.9 Å². The van der Waals surface area contributed by atoms with Crippen LogP contribution >= 0.6 is 11.6 Å². The molecule has 4 heteroatoms. The standard InChI is InChI=1S/C12H15ClN2O/c1-7-8-5-12(16-2)9(13)6-11(8)15-10(7)3-4-14/h5-6,15H,3-4,14H2,1-2H3. The highest BCUT2D eigenvalue weighted by atomic mass is 35.5. The number of H-pyrrole nitrogens is 1. The smallest absolute Gasteiger partial charge is 0.138 e. The first-order chi connectivity index (χ1) is 7.67. The number of rotatable bonds is 3. The number of ether oxygens (including phenoxy) is 1. The number of nitrogens with two attached hydrogens (primary N) is 1. The lowest BCUT2D eigenvalue weighted by molar-refractivity contribution is 0.415. The summed E-state index contributed by atoms with van der Waals surface area (Å²) in [5, 5.41) is 1.76. The Kier molecular flexibility index (Phi) is 3.08. The monoisotopic (exact) mass is 238 g/mol. The van der Waals surface area contributed by atoms with Gasteiger partial charge in [0.15, 0.2) is 0 Å². The Balaban J connectivity index is 2.63. The van der Waals surface area contributed by atoms with Gasteiger partial charge in [0.25, 0.3) is 0 Å². The van der Waals surface area contributed by atoms with Gasteiger partial charge in [0.05, 0.1) is 12.1 Å². The Labute approximate surface area is 99.5 Å². The second-order valence-electron chi connectivity index (χ2n) is 3.80. The molecule has 0 spiro atoms. The minimum absolute atomic E-state index is 0.621. The van der Waals surface area contributed by atoms with Gasteiger partial charge in [0.1, 0.15) is 5.75 Å². The van der Waals surface area contributed by atoms with Crippen molar-refractivity contribution in [3.05, 3.63) is 28.4 Å². The molecule has 86 valence electrons. The minimum atomic E-state index is 0.621. The van der Waals surface area contributed by atoms with Crippen LogP contribution in [0.4, 0.5) is 0 Å². The normalized spacial score (nSPS) is 11.0. The fraction of sp³-hybridized carbons (Fsp3) is 0.333. The van der Waals surface area contributed by atoms with Crippen LogP contribution in [0.5, 0.6) is 5.75 Å². The fourth-order valence-electron chi connectivity index (χ4n) is 1.94. The zero-order valence-electron chi connectivity index (χ0n) is 9.43. The van der Waals surface area contributed by atoms with E-state index in [1.807, 2.05) is 12.1 Å². The van der Waals surface area contributed by atoms with E-state index in [1.54, 1.807) is 7.11 Å². The number of hydrogen-bond donors (Lipinski definition) is 2. The summed E-state index contributed by atoms with van der Waals surface area (Å²) in [5.41, 5.74) is 8.99. The average molecular weight is 239 g/mol. The van der Waals surface area contributed by atoms with Crippen molar-refractivity contribution in [2.24, 2.45) is 5.73 Å². The second kappa shape index (κ2) is 4.36. The number of fused-ring (bicyclic) bond motifs is 1. The second-order valence-corrected chi connectivity index (χ2v) is 4.21. The van der Waals surface area contributed by atoms with Crippen molar-refractivity contribution in [3.8, 4) is 5.75 Å². The van der Waals surface area contributed by atoms with Crippen molar-refractivity contribution in [2.45, 2.75) is 13.3 Å². The first-order valence-electron chi connectivity index (χ1n) is 5.22. The molecule has 0 atom stereocenters. The van der Waals surface area contributed by atoms with Gasteiger partial charge >= 0.3 is 0 Å². The van der Waals surface area contributed by atoms with Gasteiger partial charge in [-0.2, -0.15) is 0 Å². The van der Waals surface area contributed by atoms with E-state index < -0.39 is 0 Å². The number of aryl methyl sites for hydroxylation is 1. The number of halogens is 1. The molecule has 3 nitrogen and oxygen atoms in total. The zero-order chi connectivity index (χ0) is 11.7. The van der Waals surface area contributed by atoms with Crippen LogP contribution in [-0.2, 0) is 6.42 Å². The van der Waals surface area contributed by atoms with E-state index >= 15 is 0 Å². The molecule has 0 aliphatic rings. The summed E-state index contributed by atoms with van der Waals surface area (Å²) < 4.78 is 5.21. The lowest BCUT2D eigenvalue weighted by atomic mass is 10.1. The van der Waals surface area contributed by atoms with E-state index in [2.05, 4.69) is 11.9 Å². The molecule has 0 saturated heterocycles. The first-order valence-corrected chi connectivity index (χ1v) is 5.60. The van der Waals surface area contributed by atoms with Gasteiger partial charge in [0.2, 0.25) is 0 Å². The third kappa shape index (κ3) is 1.77. The number of hydrogen-bond acceptors (Lipinski definition) is 2. The molecule has 1 aromatic heterocycles. The molecule has 2 aromatic rings. The molecule has 16 heavy (non-hydrogen) atoms. The lowest BCUT2D eigenvalue weighted by Crippen LogP contribution is -2.03. The molecular formula is C12H15ClN2O. The molecule has 1 heterocycles. The summed E-state index contributed by atoms with van der Waals surface area (Å²) >= 11 is 6.07. The fourth-order valence-corrected chi connectivity index (χ4v) is 2.18. The molecule has 0 fully saturated rings. The van der Waals surface area contributed by atoms with E-state index in [4.69, 9.17) is 22.1 Å². The molecule has 1 aromatic carbocycles. The van der Waals surface area contributed by atoms with E-state index in [9.17, 15) is 0 Å². The van der Waals surface area contributed by atoms with E-state index in [1.165, 1.54) is 11.3 Å². The Hall–Kier alpha value is -1.19. The van der Waals surface area contributed by atoms with E-state index in [-0.39, 0.29) is 0 Å². The summed E-state index contributed by atoms with van der Waals surface area (Å²) in [5.74, 6) is 0.704. The summed E-state index contributed by atoms with van der Waals surface area (Å²) in [7, 11) is 1.62. The van der Waals surface area contributed by atoms with Crippen LogP contribution in [0, 0.1) is 6.92 Å². The number of benzene rings is 1. The molecule has 0 amide bonds. The molecule has 3 N–H and O–H groups in total. The summed E-state index contributed by atoms with van der Waals surface area (Å²) in [6, 6.07) is 3.85. The molecule has 2 rings (SSSR count). The maximum atomic E-state index is 6.07. The van der Waals surface area contributed by atoms with Crippen LogP contribution in [0.3, 0.4) is 0 Å². The Morgan fingerprint density at radius 1 is 1.44 bits per heavy atom. The van der Waals surface area contributed by atoms with Gasteiger partial charge in [-0.25, -0.2) is 0 Å². The average Bonchev–Trinajstić information content (AvgIpc) is 2.55. The molecule has 0 aliphatic carbocycles. The largest absolute Gasteiger partial charge is 0.495 e. The highest BCUT2D eigenvalue weighted by Gasteiger charge is 2.10. The number of aromatic nitrogens is 1. The van der Waals surface area contributed by atoms with Gasteiger partial charge in [-0.05, 0) is 31.2 Å². The third-order valence-corrected chi connectivity index (χ3v) is 3.12. The van der Waals surface area contributed by atoms with Gasteiger partial charge in [0, 0.05) is 23.0 Å². The van der Waals surface area contributed by atoms with E-state index in [0.717, 1.165) is 17.3 Å². The van der Waals surface area contributed by atoms with Crippen LogP contribution in [0.15, 0.2) is 12.1 Å². The first kappa shape index (κ1) is 11.3. The van der Waals surface area contributed by atoms with Crippen molar-refractivity contribution in [1.82, 2.24) is 4.98 Å². The Bertz CT molecular complexity index is 519. The van der Waals surface area contributed by atoms with Crippen LogP contribution in [0.1, 0.15) is 11.3 Å². The summed E-state index contributed by atoms with van der Waals surface area (Å²) in [6.45, 7) is 2.72. The Morgan fingerprint density at radius 2 is 2.19 bits per heavy atom. The maximum absolute atomic E-state index is 6.07. The van der Waals surface area contributed by atoms with Crippen molar-refractivity contribution in [3.63, 3.8) is 0 Å². The third-order valence-electron chi connectivity index (χ3n) is 2.83. The quantitative estimate of drug-likeness (QED) is 0.864. The highest BCUT2D eigenvalue weighted by molar-refractivity contribution is 6.32. The van der Waals surface area contributed by atoms with Crippen molar-refractivity contribution in [1.29, 1.82) is 0 Å². The van der Waals surface area contributed by atoms with Crippen LogP contribution < -0.4 is 10.5 Å². The Morgan fingerprint density at radius 3 is 2.81 bits per heavy atom. The van der Waals surface area contributed by atoms with Crippen LogP contribution in [0.2, 0.25) is 5.02 Å². The molecule has 0 bridgehead atoms. The maximum Gasteiger partial charge on any atom is 0.138 e. The SMILES string of the molecule is COc1cc2c(C)c(CCN)[nH]c2cc1Cl. The molecule has 0 unspecified atom stereocenters. The highest BCUT2D eigenvalue weighted by Crippen LogP contribution is 2.32. The van der Waals surface area contributed by atoms with Gasteiger partial charge in [-0.3, -0.25) is 0 Å². The van der Waals surface area contributed by atoms with E-state index in [0.29, 0.717) is 17.3 Å². The van der Waals surface area contributed by atoms with Crippen molar-refractivity contribution >= 4 is 22.5 Å². The van der Waals surface area contributed by atoms with Gasteiger partial charge in [-0.1, -0.05) is 11.6 Å². The number of methoxy groups -OCH3 is 1. The molecule has 0 aliphatic heterocycles. The molecule has 0 radical (unpaired) electrons. The van der Waals surface area contributed by atoms with Gasteiger partial charge < -0.3 is 15.5 Å². The summed E-state index contributed by atoms with van der Waals surface area (Å²) in [4.78, 5) is 3.34. The predicted molar refractivity (Wildman–Crippen MR) is 67.4 cm³/mol. The topological polar surface area (TPSA) is 51.0 Å². The minimum Gasteiger partial charge on any atom is -0.495 e. The van der Waals surface area contributed by atoms with Crippen LogP contribution in [-0.4, -0.2) is 18.6 Å². The number of aromatic amines is 1. The zero-order valence-corrected chi connectivity index (χ0v) is 10.2. The predicted octanol–water partition coefficient (Wildman–Crippen LogP) is 2.64. The van der Waals surface area contributed by atoms with Crippen molar-refractivity contribution < 1.29 is 4.74 Å². The van der Waals surface area contributed by atoms with Gasteiger partial charge in [-0.15, -0.1) is 0 Å².